The Hall–Kier alpha value is -1.70. The third kappa shape index (κ3) is 4.40. The van der Waals surface area contributed by atoms with Crippen LogP contribution in [0.1, 0.15) is 17.0 Å². The molecule has 1 heterocycles. The van der Waals surface area contributed by atoms with E-state index in [1.165, 1.54) is 5.56 Å². The molecule has 0 fully saturated rings. The standard InChI is InChI=1S/C16H23N3O3S/c1-12-16(13(2)22-18-12)23(20,21)17-11-15(19(3)4)10-14-8-6-5-7-9-14/h5-9,15,17H,10-11H2,1-4H3. The van der Waals surface area contributed by atoms with Crippen molar-refractivity contribution in [1.29, 1.82) is 0 Å². The molecule has 1 N–H and O–H groups in total. The van der Waals surface area contributed by atoms with Crippen LogP contribution < -0.4 is 4.72 Å². The van der Waals surface area contributed by atoms with Gasteiger partial charge in [-0.3, -0.25) is 0 Å². The summed E-state index contributed by atoms with van der Waals surface area (Å²) >= 11 is 0. The molecule has 0 spiro atoms. The lowest BCUT2D eigenvalue weighted by atomic mass is 10.1. The van der Waals surface area contributed by atoms with Crippen molar-refractivity contribution >= 4 is 10.0 Å². The van der Waals surface area contributed by atoms with Crippen LogP contribution in [-0.4, -0.2) is 45.2 Å². The molecule has 1 atom stereocenters. The maximum atomic E-state index is 12.5. The third-order valence-electron chi connectivity index (χ3n) is 3.79. The summed E-state index contributed by atoms with van der Waals surface area (Å²) in [5, 5.41) is 3.71. The van der Waals surface area contributed by atoms with Gasteiger partial charge < -0.3 is 9.42 Å². The number of likely N-dealkylation sites (N-methyl/N-ethyl adjacent to an activating group) is 1. The fourth-order valence-corrected chi connectivity index (χ4v) is 3.86. The van der Waals surface area contributed by atoms with Crippen LogP contribution in [0.5, 0.6) is 0 Å². The van der Waals surface area contributed by atoms with Gasteiger partial charge in [0.15, 0.2) is 5.76 Å². The molecule has 0 amide bonds. The van der Waals surface area contributed by atoms with E-state index in [-0.39, 0.29) is 10.9 Å². The Kier molecular flexibility index (Phi) is 5.56. The zero-order chi connectivity index (χ0) is 17.0. The fourth-order valence-electron chi connectivity index (χ4n) is 2.46. The van der Waals surface area contributed by atoms with Crippen molar-refractivity contribution in [2.45, 2.75) is 31.2 Å². The Morgan fingerprint density at radius 3 is 2.39 bits per heavy atom. The maximum Gasteiger partial charge on any atom is 0.246 e. The topological polar surface area (TPSA) is 75.4 Å². The van der Waals surface area contributed by atoms with E-state index in [0.29, 0.717) is 18.0 Å². The Labute approximate surface area is 137 Å². The fraction of sp³-hybridized carbons (Fsp3) is 0.438. The molecule has 1 unspecified atom stereocenters. The normalized spacial score (nSPS) is 13.4. The summed E-state index contributed by atoms with van der Waals surface area (Å²) in [6.07, 6.45) is 0.762. The molecule has 2 aromatic rings. The largest absolute Gasteiger partial charge is 0.360 e. The van der Waals surface area contributed by atoms with Crippen LogP contribution in [0, 0.1) is 13.8 Å². The average Bonchev–Trinajstić information content (AvgIpc) is 2.84. The monoisotopic (exact) mass is 337 g/mol. The van der Waals surface area contributed by atoms with Crippen molar-refractivity contribution in [2.75, 3.05) is 20.6 Å². The van der Waals surface area contributed by atoms with Gasteiger partial charge in [-0.2, -0.15) is 0 Å². The summed E-state index contributed by atoms with van der Waals surface area (Å²) < 4.78 is 32.6. The van der Waals surface area contributed by atoms with E-state index >= 15 is 0 Å². The molecule has 1 aromatic carbocycles. The number of nitrogens with zero attached hydrogens (tertiary/aromatic N) is 2. The minimum absolute atomic E-state index is 0.0487. The van der Waals surface area contributed by atoms with Gasteiger partial charge in [-0.25, -0.2) is 13.1 Å². The lowest BCUT2D eigenvalue weighted by molar-refractivity contribution is 0.291. The van der Waals surface area contributed by atoms with Crippen molar-refractivity contribution in [3.8, 4) is 0 Å². The van der Waals surface area contributed by atoms with Gasteiger partial charge in [-0.05, 0) is 39.9 Å². The molecule has 1 aromatic heterocycles. The number of hydrogen-bond donors (Lipinski definition) is 1. The first-order valence-corrected chi connectivity index (χ1v) is 8.92. The van der Waals surface area contributed by atoms with Crippen molar-refractivity contribution in [3.63, 3.8) is 0 Å². The molecule has 6 nitrogen and oxygen atoms in total. The molecular formula is C16H23N3O3S. The highest BCUT2D eigenvalue weighted by Gasteiger charge is 2.25. The van der Waals surface area contributed by atoms with Gasteiger partial charge in [0.05, 0.1) is 0 Å². The van der Waals surface area contributed by atoms with Crippen molar-refractivity contribution in [3.05, 3.63) is 47.3 Å². The number of rotatable bonds is 7. The highest BCUT2D eigenvalue weighted by molar-refractivity contribution is 7.89. The average molecular weight is 337 g/mol. The number of benzene rings is 1. The van der Waals surface area contributed by atoms with E-state index in [1.807, 2.05) is 49.3 Å². The molecule has 0 bridgehead atoms. The molecular weight excluding hydrogens is 314 g/mol. The maximum absolute atomic E-state index is 12.5. The van der Waals surface area contributed by atoms with Gasteiger partial charge in [0.2, 0.25) is 10.0 Å². The first-order valence-electron chi connectivity index (χ1n) is 7.44. The molecule has 7 heteroatoms. The van der Waals surface area contributed by atoms with Gasteiger partial charge in [0.1, 0.15) is 10.6 Å². The molecule has 0 radical (unpaired) electrons. The van der Waals surface area contributed by atoms with Crippen LogP contribution in [0.15, 0.2) is 39.8 Å². The van der Waals surface area contributed by atoms with E-state index in [4.69, 9.17) is 4.52 Å². The van der Waals surface area contributed by atoms with E-state index in [2.05, 4.69) is 9.88 Å². The Balaban J connectivity index is 2.10. The summed E-state index contributed by atoms with van der Waals surface area (Å²) in [6.45, 7) is 3.54. The summed E-state index contributed by atoms with van der Waals surface area (Å²) in [7, 11) is 0.252. The molecule has 0 saturated carbocycles. The van der Waals surface area contributed by atoms with E-state index in [1.54, 1.807) is 13.8 Å². The second-order valence-electron chi connectivity index (χ2n) is 5.81. The van der Waals surface area contributed by atoms with E-state index in [0.717, 1.165) is 6.42 Å². The first-order chi connectivity index (χ1) is 10.8. The highest BCUT2D eigenvalue weighted by atomic mass is 32.2. The Bertz CT molecular complexity index is 720. The molecule has 0 aliphatic carbocycles. The lowest BCUT2D eigenvalue weighted by Gasteiger charge is -2.24. The smallest absolute Gasteiger partial charge is 0.246 e. The Morgan fingerprint density at radius 2 is 1.87 bits per heavy atom. The predicted octanol–water partition coefficient (Wildman–Crippen LogP) is 1.74. The molecule has 23 heavy (non-hydrogen) atoms. The van der Waals surface area contributed by atoms with Gasteiger partial charge in [0, 0.05) is 12.6 Å². The number of nitrogens with one attached hydrogen (secondary N) is 1. The third-order valence-corrected chi connectivity index (χ3v) is 5.46. The summed E-state index contributed by atoms with van der Waals surface area (Å²) in [5.41, 5.74) is 1.54. The van der Waals surface area contributed by atoms with Crippen LogP contribution >= 0.6 is 0 Å². The quantitative estimate of drug-likeness (QED) is 0.833. The lowest BCUT2D eigenvalue weighted by Crippen LogP contribution is -2.41. The van der Waals surface area contributed by atoms with Crippen molar-refractivity contribution in [1.82, 2.24) is 14.8 Å². The highest BCUT2D eigenvalue weighted by Crippen LogP contribution is 2.18. The molecule has 126 valence electrons. The summed E-state index contributed by atoms with van der Waals surface area (Å²) in [6, 6.07) is 10.1. The molecule has 2 rings (SSSR count). The Morgan fingerprint density at radius 1 is 1.22 bits per heavy atom. The number of hydrogen-bond acceptors (Lipinski definition) is 5. The SMILES string of the molecule is Cc1noc(C)c1S(=O)(=O)NCC(Cc1ccccc1)N(C)C. The minimum Gasteiger partial charge on any atom is -0.360 e. The summed E-state index contributed by atoms with van der Waals surface area (Å²) in [5.74, 6) is 0.305. The first kappa shape index (κ1) is 17.7. The van der Waals surface area contributed by atoms with Crippen LogP contribution in [0.3, 0.4) is 0 Å². The second-order valence-corrected chi connectivity index (χ2v) is 7.52. The minimum atomic E-state index is -3.63. The van der Waals surface area contributed by atoms with Gasteiger partial charge in [-0.15, -0.1) is 0 Å². The van der Waals surface area contributed by atoms with Crippen molar-refractivity contribution in [2.24, 2.45) is 0 Å². The number of sulfonamides is 1. The van der Waals surface area contributed by atoms with Crippen molar-refractivity contribution < 1.29 is 12.9 Å². The summed E-state index contributed by atoms with van der Waals surface area (Å²) in [4.78, 5) is 2.15. The van der Waals surface area contributed by atoms with Gasteiger partial charge in [0.25, 0.3) is 0 Å². The second kappa shape index (κ2) is 7.25. The molecule has 0 aliphatic heterocycles. The van der Waals surface area contributed by atoms with E-state index in [9.17, 15) is 8.42 Å². The number of aryl methyl sites for hydroxylation is 2. The predicted molar refractivity (Wildman–Crippen MR) is 88.8 cm³/mol. The molecule has 0 aliphatic rings. The van der Waals surface area contributed by atoms with E-state index < -0.39 is 10.0 Å². The number of aromatic nitrogens is 1. The van der Waals surface area contributed by atoms with Gasteiger partial charge >= 0.3 is 0 Å². The van der Waals surface area contributed by atoms with Crippen LogP contribution in [0.4, 0.5) is 0 Å². The van der Waals surface area contributed by atoms with Crippen LogP contribution in [0.2, 0.25) is 0 Å². The molecule has 0 saturated heterocycles. The zero-order valence-electron chi connectivity index (χ0n) is 13.9. The van der Waals surface area contributed by atoms with Gasteiger partial charge in [-0.1, -0.05) is 35.5 Å². The van der Waals surface area contributed by atoms with Crippen LogP contribution in [-0.2, 0) is 16.4 Å². The van der Waals surface area contributed by atoms with Crippen LogP contribution in [0.25, 0.3) is 0 Å². The zero-order valence-corrected chi connectivity index (χ0v) is 14.7.